The lowest BCUT2D eigenvalue weighted by Gasteiger charge is -2.11. The number of aromatic nitrogens is 2. The summed E-state index contributed by atoms with van der Waals surface area (Å²) in [5.74, 6) is -1.15. The molecule has 6 nitrogen and oxygen atoms in total. The summed E-state index contributed by atoms with van der Waals surface area (Å²) < 4.78 is 1.79. The third kappa shape index (κ3) is 3.86. The van der Waals surface area contributed by atoms with Crippen molar-refractivity contribution < 1.29 is 14.7 Å². The number of nitrogens with zero attached hydrogens (tertiary/aromatic N) is 2. The summed E-state index contributed by atoms with van der Waals surface area (Å²) in [4.78, 5) is 26.1. The molecule has 20 heavy (non-hydrogen) atoms. The van der Waals surface area contributed by atoms with Crippen LogP contribution in [0.1, 0.15) is 0 Å². The van der Waals surface area contributed by atoms with Gasteiger partial charge in [-0.1, -0.05) is 12.1 Å². The maximum Gasteiger partial charge on any atom is 0.313 e. The predicted molar refractivity (Wildman–Crippen MR) is 77.2 cm³/mol. The molecule has 2 N–H and O–H groups in total. The number of amides is 1. The van der Waals surface area contributed by atoms with E-state index in [0.717, 1.165) is 17.4 Å². The van der Waals surface area contributed by atoms with Gasteiger partial charge in [0, 0.05) is 12.4 Å². The maximum absolute atomic E-state index is 11.8. The number of rotatable bonds is 6. The van der Waals surface area contributed by atoms with E-state index in [1.807, 2.05) is 18.2 Å². The van der Waals surface area contributed by atoms with Crippen molar-refractivity contribution in [2.45, 2.75) is 0 Å². The third-order valence-electron chi connectivity index (χ3n) is 2.42. The van der Waals surface area contributed by atoms with Crippen LogP contribution in [0.4, 0.5) is 5.69 Å². The van der Waals surface area contributed by atoms with Crippen LogP contribution in [0, 0.1) is 0 Å². The summed E-state index contributed by atoms with van der Waals surface area (Å²) >= 11 is 1.06. The van der Waals surface area contributed by atoms with Gasteiger partial charge in [0.25, 0.3) is 0 Å². The first-order valence-corrected chi connectivity index (χ1v) is 6.99. The van der Waals surface area contributed by atoms with E-state index in [2.05, 4.69) is 10.3 Å². The second kappa shape index (κ2) is 6.76. The van der Waals surface area contributed by atoms with E-state index in [1.165, 1.54) is 0 Å². The van der Waals surface area contributed by atoms with Crippen molar-refractivity contribution in [2.75, 3.05) is 16.8 Å². The highest BCUT2D eigenvalue weighted by Crippen LogP contribution is 2.19. The van der Waals surface area contributed by atoms with Gasteiger partial charge in [-0.15, -0.1) is 11.8 Å². The van der Waals surface area contributed by atoms with Crippen LogP contribution in [0.2, 0.25) is 0 Å². The predicted octanol–water partition coefficient (Wildman–Crippen LogP) is 1.63. The molecule has 0 bridgehead atoms. The van der Waals surface area contributed by atoms with E-state index in [-0.39, 0.29) is 17.4 Å². The molecule has 1 aromatic heterocycles. The molecule has 1 aromatic carbocycles. The van der Waals surface area contributed by atoms with Crippen LogP contribution in [0.5, 0.6) is 0 Å². The Morgan fingerprint density at radius 3 is 2.80 bits per heavy atom. The minimum atomic E-state index is -0.929. The van der Waals surface area contributed by atoms with Gasteiger partial charge >= 0.3 is 5.97 Å². The molecule has 0 fully saturated rings. The second-order valence-corrected chi connectivity index (χ2v) is 4.91. The van der Waals surface area contributed by atoms with Crippen molar-refractivity contribution in [2.24, 2.45) is 0 Å². The van der Waals surface area contributed by atoms with E-state index in [0.29, 0.717) is 5.69 Å². The SMILES string of the molecule is O=C(O)CSCC(=O)Nc1ccccc1-n1ccnc1. The van der Waals surface area contributed by atoms with Crippen molar-refractivity contribution in [3.05, 3.63) is 43.0 Å². The fraction of sp³-hybridized carbons (Fsp3) is 0.154. The molecule has 0 radical (unpaired) electrons. The average molecular weight is 291 g/mol. The topological polar surface area (TPSA) is 84.2 Å². The van der Waals surface area contributed by atoms with Crippen LogP contribution >= 0.6 is 11.8 Å². The van der Waals surface area contributed by atoms with Crippen molar-refractivity contribution >= 4 is 29.3 Å². The molecule has 0 saturated carbocycles. The normalized spacial score (nSPS) is 10.2. The number of para-hydroxylation sites is 2. The second-order valence-electron chi connectivity index (χ2n) is 3.92. The van der Waals surface area contributed by atoms with Crippen molar-refractivity contribution in [3.63, 3.8) is 0 Å². The molecule has 0 spiro atoms. The number of nitrogens with one attached hydrogen (secondary N) is 1. The molecule has 2 rings (SSSR count). The standard InChI is InChI=1S/C13H13N3O3S/c17-12(7-20-8-13(18)19)15-10-3-1-2-4-11(10)16-6-5-14-9-16/h1-6,9H,7-8H2,(H,15,17)(H,18,19). The number of aliphatic carboxylic acids is 1. The number of hydrogen-bond acceptors (Lipinski definition) is 4. The molecular formula is C13H13N3O3S. The molecule has 0 saturated heterocycles. The zero-order valence-electron chi connectivity index (χ0n) is 10.5. The van der Waals surface area contributed by atoms with Crippen LogP contribution in [0.15, 0.2) is 43.0 Å². The van der Waals surface area contributed by atoms with Gasteiger partial charge in [0.1, 0.15) is 0 Å². The van der Waals surface area contributed by atoms with E-state index in [9.17, 15) is 9.59 Å². The Balaban J connectivity index is 2.03. The molecule has 0 atom stereocenters. The molecule has 0 aliphatic heterocycles. The van der Waals surface area contributed by atoms with Gasteiger partial charge in [-0.25, -0.2) is 4.98 Å². The Morgan fingerprint density at radius 2 is 2.10 bits per heavy atom. The quantitative estimate of drug-likeness (QED) is 0.845. The molecule has 7 heteroatoms. The summed E-state index contributed by atoms with van der Waals surface area (Å²) in [6.07, 6.45) is 5.08. The molecule has 0 aliphatic rings. The number of benzene rings is 1. The Bertz CT molecular complexity index is 599. The van der Waals surface area contributed by atoms with E-state index >= 15 is 0 Å². The Morgan fingerprint density at radius 1 is 1.30 bits per heavy atom. The molecule has 104 valence electrons. The Hall–Kier alpha value is -2.28. The molecule has 2 aromatic rings. The van der Waals surface area contributed by atoms with Gasteiger partial charge < -0.3 is 15.0 Å². The fourth-order valence-electron chi connectivity index (χ4n) is 1.62. The van der Waals surface area contributed by atoms with Crippen LogP contribution in [0.25, 0.3) is 5.69 Å². The fourth-order valence-corrected chi connectivity index (χ4v) is 2.16. The maximum atomic E-state index is 11.8. The Labute approximate surface area is 119 Å². The van der Waals surface area contributed by atoms with Gasteiger partial charge in [0.15, 0.2) is 0 Å². The summed E-state index contributed by atoms with van der Waals surface area (Å²) in [5.41, 5.74) is 1.47. The first-order chi connectivity index (χ1) is 9.66. The number of carbonyl (C=O) groups excluding carboxylic acids is 1. The van der Waals surface area contributed by atoms with Crippen molar-refractivity contribution in [1.29, 1.82) is 0 Å². The third-order valence-corrected chi connectivity index (χ3v) is 3.34. The van der Waals surface area contributed by atoms with E-state index in [4.69, 9.17) is 5.11 Å². The number of anilines is 1. The molecular weight excluding hydrogens is 278 g/mol. The summed E-state index contributed by atoms with van der Waals surface area (Å²) in [6.45, 7) is 0. The minimum absolute atomic E-state index is 0.0867. The number of hydrogen-bond donors (Lipinski definition) is 2. The smallest absolute Gasteiger partial charge is 0.313 e. The van der Waals surface area contributed by atoms with E-state index < -0.39 is 5.97 Å². The van der Waals surface area contributed by atoms with Crippen LogP contribution in [0.3, 0.4) is 0 Å². The first-order valence-electron chi connectivity index (χ1n) is 5.83. The molecule has 1 amide bonds. The lowest BCUT2D eigenvalue weighted by atomic mass is 10.2. The zero-order valence-corrected chi connectivity index (χ0v) is 11.3. The van der Waals surface area contributed by atoms with Gasteiger partial charge in [0.05, 0.1) is 29.2 Å². The van der Waals surface area contributed by atoms with Gasteiger partial charge in [-0.2, -0.15) is 0 Å². The van der Waals surface area contributed by atoms with Crippen LogP contribution < -0.4 is 5.32 Å². The number of carboxylic acids is 1. The van der Waals surface area contributed by atoms with E-state index in [1.54, 1.807) is 29.4 Å². The van der Waals surface area contributed by atoms with Gasteiger partial charge in [0.2, 0.25) is 5.91 Å². The molecule has 0 unspecified atom stereocenters. The lowest BCUT2D eigenvalue weighted by Crippen LogP contribution is -2.16. The number of carbonyl (C=O) groups is 2. The average Bonchev–Trinajstić information content (AvgIpc) is 2.92. The minimum Gasteiger partial charge on any atom is -0.481 e. The van der Waals surface area contributed by atoms with Crippen LogP contribution in [-0.2, 0) is 9.59 Å². The molecule has 0 aliphatic carbocycles. The number of carboxylic acid groups (broad SMARTS) is 1. The largest absolute Gasteiger partial charge is 0.481 e. The monoisotopic (exact) mass is 291 g/mol. The highest BCUT2D eigenvalue weighted by atomic mass is 32.2. The van der Waals surface area contributed by atoms with Crippen molar-refractivity contribution in [1.82, 2.24) is 9.55 Å². The van der Waals surface area contributed by atoms with Gasteiger partial charge in [-0.05, 0) is 12.1 Å². The zero-order chi connectivity index (χ0) is 14.4. The highest BCUT2D eigenvalue weighted by molar-refractivity contribution is 8.00. The first kappa shape index (κ1) is 14.1. The summed E-state index contributed by atoms with van der Waals surface area (Å²) in [7, 11) is 0. The number of imidazole rings is 1. The summed E-state index contributed by atoms with van der Waals surface area (Å²) in [6, 6.07) is 7.33. The summed E-state index contributed by atoms with van der Waals surface area (Å²) in [5, 5.41) is 11.3. The van der Waals surface area contributed by atoms with Crippen LogP contribution in [-0.4, -0.2) is 38.0 Å². The van der Waals surface area contributed by atoms with Crippen molar-refractivity contribution in [3.8, 4) is 5.69 Å². The van der Waals surface area contributed by atoms with Gasteiger partial charge in [-0.3, -0.25) is 9.59 Å². The lowest BCUT2D eigenvalue weighted by molar-refractivity contribution is -0.133. The number of thioether (sulfide) groups is 1. The molecule has 1 heterocycles. The Kier molecular flexibility index (Phi) is 4.78. The highest BCUT2D eigenvalue weighted by Gasteiger charge is 2.08.